The Hall–Kier alpha value is -0.480. The molecule has 0 saturated carbocycles. The summed E-state index contributed by atoms with van der Waals surface area (Å²) in [7, 11) is 0. The van der Waals surface area contributed by atoms with Crippen molar-refractivity contribution in [3.05, 3.63) is 29.8 Å². The quantitative estimate of drug-likeness (QED) is 0.873. The number of hydrogen-bond donors (Lipinski definition) is 2. The van der Waals surface area contributed by atoms with E-state index in [0.29, 0.717) is 6.04 Å². The molecule has 3 nitrogen and oxygen atoms in total. The van der Waals surface area contributed by atoms with Crippen molar-refractivity contribution in [1.82, 2.24) is 5.32 Å². The van der Waals surface area contributed by atoms with E-state index in [2.05, 4.69) is 41.8 Å². The van der Waals surface area contributed by atoms with E-state index in [1.165, 1.54) is 24.1 Å². The topological polar surface area (TPSA) is 55.6 Å². The van der Waals surface area contributed by atoms with E-state index in [1.807, 2.05) is 0 Å². The lowest BCUT2D eigenvalue weighted by Gasteiger charge is -2.24. The van der Waals surface area contributed by atoms with E-state index in [1.54, 1.807) is 0 Å². The van der Waals surface area contributed by atoms with E-state index in [-0.39, 0.29) is 30.3 Å². The summed E-state index contributed by atoms with van der Waals surface area (Å²) in [6.07, 6.45) is 2.46. The average Bonchev–Trinajstić information content (AvgIpc) is 2.19. The molecule has 0 aliphatic carbocycles. The van der Waals surface area contributed by atoms with Crippen LogP contribution in [0.2, 0.25) is 0 Å². The second-order valence-electron chi connectivity index (χ2n) is 4.04. The second-order valence-corrected chi connectivity index (χ2v) is 4.04. The molecule has 0 amide bonds. The van der Waals surface area contributed by atoms with Crippen molar-refractivity contribution in [3.63, 3.8) is 0 Å². The fraction of sp³-hybridized carbons (Fsp3) is 0.500. The highest BCUT2D eigenvalue weighted by atomic mass is 35.5. The lowest BCUT2D eigenvalue weighted by atomic mass is 10.1. The van der Waals surface area contributed by atoms with Gasteiger partial charge in [-0.1, -0.05) is 12.1 Å². The molecule has 5 heteroatoms. The number of hydrogen-bond acceptors (Lipinski definition) is 2. The van der Waals surface area contributed by atoms with Crippen LogP contribution < -0.4 is 10.6 Å². The predicted octanol–water partition coefficient (Wildman–Crippen LogP) is 2.18. The van der Waals surface area contributed by atoms with Crippen LogP contribution in [-0.4, -0.2) is 24.6 Å². The van der Waals surface area contributed by atoms with Gasteiger partial charge in [-0.3, -0.25) is 0 Å². The van der Waals surface area contributed by atoms with Crippen LogP contribution in [0.4, 0.5) is 5.69 Å². The molecule has 1 aromatic rings. The van der Waals surface area contributed by atoms with Gasteiger partial charge in [-0.2, -0.15) is 0 Å². The van der Waals surface area contributed by atoms with Crippen molar-refractivity contribution in [2.24, 2.45) is 0 Å². The fourth-order valence-corrected chi connectivity index (χ4v) is 1.94. The van der Waals surface area contributed by atoms with E-state index >= 15 is 0 Å². The van der Waals surface area contributed by atoms with E-state index in [4.69, 9.17) is 0 Å². The van der Waals surface area contributed by atoms with Crippen molar-refractivity contribution in [3.8, 4) is 0 Å². The Morgan fingerprint density at radius 2 is 1.82 bits per heavy atom. The SMILES string of the molecule is Cc1cccc(NC2CCNCC2)c1.Cl.Cl.O. The molecule has 0 spiro atoms. The fourth-order valence-electron chi connectivity index (χ4n) is 1.94. The second kappa shape index (κ2) is 9.54. The van der Waals surface area contributed by atoms with Crippen molar-refractivity contribution < 1.29 is 5.48 Å². The first-order valence-corrected chi connectivity index (χ1v) is 5.38. The Morgan fingerprint density at radius 3 is 2.41 bits per heavy atom. The maximum Gasteiger partial charge on any atom is 0.0344 e. The summed E-state index contributed by atoms with van der Waals surface area (Å²) in [4.78, 5) is 0. The van der Waals surface area contributed by atoms with Gasteiger partial charge in [0.2, 0.25) is 0 Å². The molecule has 1 aromatic carbocycles. The molecular formula is C12H22Cl2N2O. The van der Waals surface area contributed by atoms with Crippen molar-refractivity contribution >= 4 is 30.5 Å². The van der Waals surface area contributed by atoms with Gasteiger partial charge in [-0.15, -0.1) is 24.8 Å². The number of piperidine rings is 1. The summed E-state index contributed by atoms with van der Waals surface area (Å²) in [6, 6.07) is 9.25. The van der Waals surface area contributed by atoms with Crippen LogP contribution in [0.3, 0.4) is 0 Å². The standard InChI is InChI=1S/C12H18N2.2ClH.H2O/c1-10-3-2-4-12(9-10)14-11-5-7-13-8-6-11;;;/h2-4,9,11,13-14H,5-8H2,1H3;2*1H;1H2. The Kier molecular flexibility index (Phi) is 10.6. The van der Waals surface area contributed by atoms with E-state index in [0.717, 1.165) is 13.1 Å². The predicted molar refractivity (Wildman–Crippen MR) is 78.8 cm³/mol. The van der Waals surface area contributed by atoms with Crippen LogP contribution in [-0.2, 0) is 0 Å². The number of benzene rings is 1. The van der Waals surface area contributed by atoms with E-state index in [9.17, 15) is 0 Å². The summed E-state index contributed by atoms with van der Waals surface area (Å²) < 4.78 is 0. The molecule has 100 valence electrons. The van der Waals surface area contributed by atoms with E-state index < -0.39 is 0 Å². The number of anilines is 1. The Labute approximate surface area is 116 Å². The summed E-state index contributed by atoms with van der Waals surface area (Å²) in [5, 5.41) is 6.95. The minimum absolute atomic E-state index is 0. The highest BCUT2D eigenvalue weighted by Crippen LogP contribution is 2.14. The van der Waals surface area contributed by atoms with Gasteiger partial charge in [0.1, 0.15) is 0 Å². The molecule has 1 aliphatic rings. The first-order valence-electron chi connectivity index (χ1n) is 5.38. The minimum atomic E-state index is 0. The van der Waals surface area contributed by atoms with Gasteiger partial charge < -0.3 is 16.1 Å². The van der Waals surface area contributed by atoms with Gasteiger partial charge in [0.05, 0.1) is 0 Å². The molecule has 1 saturated heterocycles. The number of aryl methyl sites for hydroxylation is 1. The lowest BCUT2D eigenvalue weighted by molar-refractivity contribution is 0.479. The zero-order valence-electron chi connectivity index (χ0n) is 10.0. The van der Waals surface area contributed by atoms with Gasteiger partial charge >= 0.3 is 0 Å². The maximum atomic E-state index is 3.58. The van der Waals surface area contributed by atoms with Gasteiger partial charge in [-0.05, 0) is 50.6 Å². The first kappa shape index (κ1) is 18.9. The molecule has 1 fully saturated rings. The van der Waals surface area contributed by atoms with Crippen LogP contribution in [0, 0.1) is 6.92 Å². The first-order chi connectivity index (χ1) is 6.84. The molecule has 2 rings (SSSR count). The molecule has 1 heterocycles. The normalized spacial score (nSPS) is 14.9. The van der Waals surface area contributed by atoms with Gasteiger partial charge in [0.15, 0.2) is 0 Å². The Bertz CT molecular complexity index is 304. The molecule has 17 heavy (non-hydrogen) atoms. The van der Waals surface area contributed by atoms with Crippen molar-refractivity contribution in [2.75, 3.05) is 18.4 Å². The maximum absolute atomic E-state index is 3.58. The third-order valence-electron chi connectivity index (χ3n) is 2.73. The monoisotopic (exact) mass is 280 g/mol. The highest BCUT2D eigenvalue weighted by molar-refractivity contribution is 5.85. The Balaban J connectivity index is 0. The van der Waals surface area contributed by atoms with Gasteiger partial charge in [0, 0.05) is 11.7 Å². The number of nitrogens with one attached hydrogen (secondary N) is 2. The van der Waals surface area contributed by atoms with Crippen molar-refractivity contribution in [1.29, 1.82) is 0 Å². The number of halogens is 2. The van der Waals surface area contributed by atoms with Crippen LogP contribution >= 0.6 is 24.8 Å². The van der Waals surface area contributed by atoms with Crippen LogP contribution in [0.25, 0.3) is 0 Å². The summed E-state index contributed by atoms with van der Waals surface area (Å²) in [5.41, 5.74) is 2.58. The van der Waals surface area contributed by atoms with Gasteiger partial charge in [0.25, 0.3) is 0 Å². The van der Waals surface area contributed by atoms with Crippen molar-refractivity contribution in [2.45, 2.75) is 25.8 Å². The third-order valence-corrected chi connectivity index (χ3v) is 2.73. The van der Waals surface area contributed by atoms with Crippen LogP contribution in [0.15, 0.2) is 24.3 Å². The molecule has 0 unspecified atom stereocenters. The summed E-state index contributed by atoms with van der Waals surface area (Å²) in [6.45, 7) is 4.42. The molecule has 0 radical (unpaired) electrons. The number of rotatable bonds is 2. The molecule has 0 atom stereocenters. The molecule has 4 N–H and O–H groups in total. The average molecular weight is 281 g/mol. The highest BCUT2D eigenvalue weighted by Gasteiger charge is 2.11. The third kappa shape index (κ3) is 6.13. The Morgan fingerprint density at radius 1 is 1.18 bits per heavy atom. The minimum Gasteiger partial charge on any atom is -0.412 e. The molecular weight excluding hydrogens is 259 g/mol. The van der Waals surface area contributed by atoms with Gasteiger partial charge in [-0.25, -0.2) is 0 Å². The molecule has 0 aromatic heterocycles. The zero-order chi connectivity index (χ0) is 9.80. The molecule has 0 bridgehead atoms. The largest absolute Gasteiger partial charge is 0.412 e. The summed E-state index contributed by atoms with van der Waals surface area (Å²) in [5.74, 6) is 0. The van der Waals surface area contributed by atoms with Crippen LogP contribution in [0.1, 0.15) is 18.4 Å². The zero-order valence-corrected chi connectivity index (χ0v) is 11.7. The lowest BCUT2D eigenvalue weighted by Crippen LogP contribution is -2.35. The summed E-state index contributed by atoms with van der Waals surface area (Å²) >= 11 is 0. The molecule has 1 aliphatic heterocycles. The van der Waals surface area contributed by atoms with Crippen LogP contribution in [0.5, 0.6) is 0 Å². The smallest absolute Gasteiger partial charge is 0.0344 e.